The Hall–Kier alpha value is -5.56. The van der Waals surface area contributed by atoms with Gasteiger partial charge in [0.25, 0.3) is 0 Å². The fourth-order valence-electron chi connectivity index (χ4n) is 6.89. The number of benzene rings is 2. The van der Waals surface area contributed by atoms with E-state index in [0.717, 1.165) is 67.8 Å². The molecule has 0 spiro atoms. The summed E-state index contributed by atoms with van der Waals surface area (Å²) < 4.78 is 13.0. The van der Waals surface area contributed by atoms with Crippen LogP contribution in [0.25, 0.3) is 50.1 Å². The maximum Gasteiger partial charge on any atom is 0.345 e. The normalized spacial score (nSPS) is 16.4. The Morgan fingerprint density at radius 2 is 1.62 bits per heavy atom. The number of nitrogens with one attached hydrogen (secondary N) is 1. The van der Waals surface area contributed by atoms with Crippen molar-refractivity contribution in [1.29, 1.82) is 0 Å². The fourth-order valence-corrected chi connectivity index (χ4v) is 7.06. The zero-order valence-electron chi connectivity index (χ0n) is 28.8. The van der Waals surface area contributed by atoms with Gasteiger partial charge in [-0.05, 0) is 80.2 Å². The molecule has 0 radical (unpaired) electrons. The lowest BCUT2D eigenvalue weighted by Crippen LogP contribution is -2.43. The number of likely N-dealkylation sites (tertiary alicyclic amines) is 1. The van der Waals surface area contributed by atoms with Crippen molar-refractivity contribution in [1.82, 2.24) is 29.6 Å². The molecule has 1 atom stereocenters. The van der Waals surface area contributed by atoms with Gasteiger partial charge in [-0.15, -0.1) is 0 Å². The van der Waals surface area contributed by atoms with Crippen LogP contribution in [0.5, 0.6) is 0 Å². The molecule has 0 bridgehead atoms. The molecule has 13 heteroatoms. The zero-order valence-corrected chi connectivity index (χ0v) is 29.6. The Bertz CT molecular complexity index is 2490. The highest BCUT2D eigenvalue weighted by molar-refractivity contribution is 6.29. The van der Waals surface area contributed by atoms with Gasteiger partial charge in [0.1, 0.15) is 16.3 Å². The first-order chi connectivity index (χ1) is 25.3. The van der Waals surface area contributed by atoms with Crippen molar-refractivity contribution in [3.8, 4) is 22.4 Å². The maximum atomic E-state index is 12.6. The highest BCUT2D eigenvalue weighted by Crippen LogP contribution is 2.28. The molecule has 0 saturated carbocycles. The van der Waals surface area contributed by atoms with Crippen LogP contribution in [0.4, 0.5) is 11.4 Å². The van der Waals surface area contributed by atoms with E-state index in [1.165, 1.54) is 0 Å². The summed E-state index contributed by atoms with van der Waals surface area (Å²) in [5.74, 6) is 0.551. The quantitative estimate of drug-likeness (QED) is 0.178. The number of fused-ring (bicyclic) bond motifs is 3. The largest absolute Gasteiger partial charge is 0.422 e. The molecule has 264 valence electrons. The van der Waals surface area contributed by atoms with Gasteiger partial charge in [0, 0.05) is 105 Å². The molecule has 7 heterocycles. The van der Waals surface area contributed by atoms with Crippen molar-refractivity contribution in [3.05, 3.63) is 118 Å². The number of nitrogens with zero attached hydrogens (tertiary/aromatic N) is 7. The van der Waals surface area contributed by atoms with E-state index in [2.05, 4.69) is 61.2 Å². The third-order valence-corrected chi connectivity index (χ3v) is 10.00. The van der Waals surface area contributed by atoms with Gasteiger partial charge in [0.05, 0.1) is 16.8 Å². The number of hydrogen-bond donors (Lipinski definition) is 1. The Kier molecular flexibility index (Phi) is 9.18. The van der Waals surface area contributed by atoms with E-state index in [0.29, 0.717) is 50.5 Å². The molecule has 2 aliphatic heterocycles. The molecule has 2 aromatic carbocycles. The second-order valence-electron chi connectivity index (χ2n) is 13.2. The summed E-state index contributed by atoms with van der Waals surface area (Å²) >= 11 is 5.92. The van der Waals surface area contributed by atoms with Gasteiger partial charge in [0.15, 0.2) is 0 Å². The number of piperazine rings is 1. The van der Waals surface area contributed by atoms with E-state index in [9.17, 15) is 9.59 Å². The molecule has 0 aliphatic carbocycles. The van der Waals surface area contributed by atoms with Gasteiger partial charge < -0.3 is 28.9 Å². The summed E-state index contributed by atoms with van der Waals surface area (Å²) in [4.78, 5) is 44.5. The first-order valence-electron chi connectivity index (χ1n) is 17.2. The van der Waals surface area contributed by atoms with E-state index in [-0.39, 0.29) is 5.63 Å². The third-order valence-electron chi connectivity index (χ3n) is 9.79. The third kappa shape index (κ3) is 6.88. The van der Waals surface area contributed by atoms with Gasteiger partial charge in [-0.25, -0.2) is 24.5 Å². The van der Waals surface area contributed by atoms with Gasteiger partial charge in [-0.2, -0.15) is 0 Å². The highest BCUT2D eigenvalue weighted by atomic mass is 35.5. The molecular formula is C39H37ClN8O4. The molecule has 12 nitrogen and oxygen atoms in total. The van der Waals surface area contributed by atoms with Crippen LogP contribution in [0.2, 0.25) is 5.15 Å². The number of hydrogen-bond acceptors (Lipinski definition) is 11. The summed E-state index contributed by atoms with van der Waals surface area (Å²) in [6.45, 7) is 5.97. The van der Waals surface area contributed by atoms with Crippen molar-refractivity contribution in [3.63, 3.8) is 0 Å². The molecule has 5 aromatic heterocycles. The molecule has 52 heavy (non-hydrogen) atoms. The highest BCUT2D eigenvalue weighted by Gasteiger charge is 2.24. The molecule has 1 unspecified atom stereocenters. The summed E-state index contributed by atoms with van der Waals surface area (Å²) in [6, 6.07) is 21.4. The van der Waals surface area contributed by atoms with Crippen LogP contribution in [-0.2, 0) is 0 Å². The maximum absolute atomic E-state index is 12.6. The van der Waals surface area contributed by atoms with Gasteiger partial charge >= 0.3 is 11.3 Å². The van der Waals surface area contributed by atoms with Crippen LogP contribution in [0, 0.1) is 0 Å². The summed E-state index contributed by atoms with van der Waals surface area (Å²) in [5.41, 5.74) is 4.75. The van der Waals surface area contributed by atoms with Crippen LogP contribution in [0.1, 0.15) is 6.42 Å². The van der Waals surface area contributed by atoms with Gasteiger partial charge in [0.2, 0.25) is 5.78 Å². The van der Waals surface area contributed by atoms with Gasteiger partial charge in [-0.1, -0.05) is 11.6 Å². The number of rotatable bonds is 5. The van der Waals surface area contributed by atoms with E-state index < -0.39 is 5.63 Å². The first-order valence-corrected chi connectivity index (χ1v) is 17.6. The first kappa shape index (κ1) is 33.6. The lowest BCUT2D eigenvalue weighted by molar-refractivity contribution is 0.409. The number of aromatic nitrogens is 4. The predicted octanol–water partition coefficient (Wildman–Crippen LogP) is 5.56. The molecule has 0 amide bonds. The number of halogens is 1. The second kappa shape index (κ2) is 14.2. The second-order valence-corrected chi connectivity index (χ2v) is 13.6. The lowest BCUT2D eigenvalue weighted by atomic mass is 10.1. The molecule has 2 aliphatic rings. The number of anilines is 2. The van der Waals surface area contributed by atoms with Crippen LogP contribution < -0.4 is 26.4 Å². The van der Waals surface area contributed by atoms with Crippen molar-refractivity contribution < 1.29 is 8.83 Å². The van der Waals surface area contributed by atoms with Crippen molar-refractivity contribution >= 4 is 50.7 Å². The smallest absolute Gasteiger partial charge is 0.345 e. The minimum absolute atomic E-state index is 0.348. The SMILES string of the molecule is CN1CCC(N(C)c2ccc3cc(-c4cn5cccnc5n4)c(=O)oc3c2)C1.O=c1oc2cc(N3CCNCC3)ccc2cc1-c1ccnc(Cl)c1. The molecular weight excluding hydrogens is 680 g/mol. The topological polar surface area (TPSA) is 125 Å². The van der Waals surface area contributed by atoms with Crippen molar-refractivity contribution in [2.45, 2.75) is 12.5 Å². The van der Waals surface area contributed by atoms with Crippen LogP contribution in [0.15, 0.2) is 110 Å². The molecule has 9 rings (SSSR count). The minimum atomic E-state index is -0.392. The molecule has 2 fully saturated rings. The monoisotopic (exact) mass is 716 g/mol. The number of imidazole rings is 1. The molecule has 7 aromatic rings. The Balaban J connectivity index is 0.000000151. The van der Waals surface area contributed by atoms with E-state index in [1.54, 1.807) is 35.1 Å². The summed E-state index contributed by atoms with van der Waals surface area (Å²) in [5, 5.41) is 5.44. The van der Waals surface area contributed by atoms with Crippen LogP contribution in [0.3, 0.4) is 0 Å². The summed E-state index contributed by atoms with van der Waals surface area (Å²) in [6.07, 6.45) is 8.03. The Labute approximate surface area is 303 Å². The zero-order chi connectivity index (χ0) is 35.8. The van der Waals surface area contributed by atoms with Gasteiger partial charge in [-0.3, -0.25) is 4.40 Å². The van der Waals surface area contributed by atoms with Crippen molar-refractivity contribution in [2.24, 2.45) is 0 Å². The molecule has 1 N–H and O–H groups in total. The predicted molar refractivity (Wildman–Crippen MR) is 205 cm³/mol. The number of likely N-dealkylation sites (N-methyl/N-ethyl adjacent to an activating group) is 2. The average Bonchev–Trinajstić information content (AvgIpc) is 3.80. The van der Waals surface area contributed by atoms with Crippen molar-refractivity contribution in [2.75, 3.05) is 63.2 Å². The summed E-state index contributed by atoms with van der Waals surface area (Å²) in [7, 11) is 4.24. The Morgan fingerprint density at radius 3 is 2.37 bits per heavy atom. The average molecular weight is 717 g/mol. The van der Waals surface area contributed by atoms with E-state index >= 15 is 0 Å². The van der Waals surface area contributed by atoms with E-state index in [1.807, 2.05) is 48.7 Å². The number of pyridine rings is 1. The fraction of sp³-hybridized carbons (Fsp3) is 0.256. The van der Waals surface area contributed by atoms with E-state index in [4.69, 9.17) is 20.4 Å². The molecule has 2 saturated heterocycles. The van der Waals surface area contributed by atoms with Crippen LogP contribution >= 0.6 is 11.6 Å². The Morgan fingerprint density at radius 1 is 0.865 bits per heavy atom. The lowest BCUT2D eigenvalue weighted by Gasteiger charge is -2.29. The van der Waals surface area contributed by atoms with Crippen LogP contribution in [-0.4, -0.2) is 83.7 Å². The minimum Gasteiger partial charge on any atom is -0.422 e. The standard InChI is InChI=1S/C21H21N5O2.C18H16ClN3O2/c1-24-9-6-16(12-24)25(2)15-5-4-14-10-17(20(27)28-19(14)11-15)18-13-26-8-3-7-22-21(26)23-18;19-17-10-12(3-4-21-17)15-9-13-1-2-14(11-16(13)24-18(15)23)22-7-5-20-6-8-22/h3-5,7-8,10-11,13,16H,6,9,12H2,1-2H3;1-4,9-11,20H,5-8H2.